The maximum Gasteiger partial charge on any atom is 0.257 e. The molecule has 1 amide bonds. The van der Waals surface area contributed by atoms with Crippen LogP contribution in [0.4, 0.5) is 11.5 Å². The Bertz CT molecular complexity index is 981. The number of anilines is 2. The summed E-state index contributed by atoms with van der Waals surface area (Å²) in [6, 6.07) is 12.1. The second-order valence-corrected chi connectivity index (χ2v) is 8.59. The van der Waals surface area contributed by atoms with Crippen LogP contribution in [0.15, 0.2) is 42.6 Å². The molecule has 3 rings (SSSR count). The number of carbonyl (C=O) groups is 1. The molecule has 0 spiro atoms. The van der Waals surface area contributed by atoms with E-state index in [1.807, 2.05) is 17.9 Å². The van der Waals surface area contributed by atoms with Gasteiger partial charge >= 0.3 is 0 Å². The van der Waals surface area contributed by atoms with Gasteiger partial charge in [0.05, 0.1) is 28.3 Å². The zero-order valence-corrected chi connectivity index (χ0v) is 15.7. The average Bonchev–Trinajstić information content (AvgIpc) is 3.03. The largest absolute Gasteiger partial charge is 0.353 e. The molecule has 0 radical (unpaired) electrons. The third-order valence-electron chi connectivity index (χ3n) is 4.59. The molecule has 1 saturated heterocycles. The van der Waals surface area contributed by atoms with Gasteiger partial charge in [-0.1, -0.05) is 12.1 Å². The zero-order chi connectivity index (χ0) is 19.4. The minimum Gasteiger partial charge on any atom is -0.353 e. The highest BCUT2D eigenvalue weighted by atomic mass is 32.2. The number of carbonyl (C=O) groups excluding carboxylic acids is 1. The fourth-order valence-electron chi connectivity index (χ4n) is 3.20. The summed E-state index contributed by atoms with van der Waals surface area (Å²) in [6.07, 6.45) is 2.05. The summed E-state index contributed by atoms with van der Waals surface area (Å²) in [5, 5.41) is 11.8. The van der Waals surface area contributed by atoms with E-state index >= 15 is 0 Å². The van der Waals surface area contributed by atoms with Crippen LogP contribution in [0.2, 0.25) is 0 Å². The average molecular weight is 384 g/mol. The number of nitrogens with one attached hydrogen (secondary N) is 1. The Kier molecular flexibility index (Phi) is 5.42. The molecule has 7 nitrogen and oxygen atoms in total. The summed E-state index contributed by atoms with van der Waals surface area (Å²) in [6.45, 7) is 2.58. The van der Waals surface area contributed by atoms with Crippen molar-refractivity contribution in [2.75, 3.05) is 28.3 Å². The summed E-state index contributed by atoms with van der Waals surface area (Å²) in [5.41, 5.74) is 1.19. The van der Waals surface area contributed by atoms with Crippen molar-refractivity contribution in [1.29, 1.82) is 5.26 Å². The fraction of sp³-hybridized carbons (Fsp3) is 0.316. The van der Waals surface area contributed by atoms with Crippen LogP contribution in [0.3, 0.4) is 0 Å². The number of rotatable bonds is 5. The van der Waals surface area contributed by atoms with E-state index in [-0.39, 0.29) is 23.5 Å². The molecule has 2 aromatic rings. The maximum atomic E-state index is 12.4. The van der Waals surface area contributed by atoms with E-state index in [2.05, 4.69) is 10.3 Å². The van der Waals surface area contributed by atoms with Crippen molar-refractivity contribution < 1.29 is 13.2 Å². The Hall–Kier alpha value is -2.92. The highest BCUT2D eigenvalue weighted by Gasteiger charge is 2.32. The molecule has 0 aliphatic carbocycles. The summed E-state index contributed by atoms with van der Waals surface area (Å²) >= 11 is 0. The van der Waals surface area contributed by atoms with Gasteiger partial charge in [0.25, 0.3) is 5.91 Å². The SMILES string of the molecule is CCN(c1ccc(C(=O)Nc2ccccc2C#N)cn1)C1CCS(=O)(=O)C1. The summed E-state index contributed by atoms with van der Waals surface area (Å²) in [7, 11) is -2.98. The number of aromatic nitrogens is 1. The summed E-state index contributed by atoms with van der Waals surface area (Å²) < 4.78 is 23.5. The molecule has 0 bridgehead atoms. The van der Waals surface area contributed by atoms with Gasteiger partial charge in [-0.25, -0.2) is 13.4 Å². The lowest BCUT2D eigenvalue weighted by Gasteiger charge is -2.27. The molecule has 1 aromatic heterocycles. The predicted molar refractivity (Wildman–Crippen MR) is 103 cm³/mol. The molecule has 140 valence electrons. The van der Waals surface area contributed by atoms with Crippen molar-refractivity contribution in [3.8, 4) is 6.07 Å². The molecule has 1 N–H and O–H groups in total. The number of pyridine rings is 1. The Balaban J connectivity index is 1.74. The third-order valence-corrected chi connectivity index (χ3v) is 6.34. The number of nitrogens with zero attached hydrogens (tertiary/aromatic N) is 3. The minimum absolute atomic E-state index is 0.0883. The smallest absolute Gasteiger partial charge is 0.257 e. The van der Waals surface area contributed by atoms with Crippen LogP contribution in [-0.2, 0) is 9.84 Å². The van der Waals surface area contributed by atoms with Gasteiger partial charge in [0.15, 0.2) is 9.84 Å². The molecule has 0 saturated carbocycles. The molecule has 1 fully saturated rings. The Labute approximate surface area is 158 Å². The molecular weight excluding hydrogens is 364 g/mol. The van der Waals surface area contributed by atoms with E-state index in [9.17, 15) is 13.2 Å². The number of amides is 1. The van der Waals surface area contributed by atoms with E-state index < -0.39 is 9.84 Å². The lowest BCUT2D eigenvalue weighted by atomic mass is 10.1. The first-order valence-electron chi connectivity index (χ1n) is 8.67. The predicted octanol–water partition coefficient (Wildman–Crippen LogP) is 2.22. The lowest BCUT2D eigenvalue weighted by molar-refractivity contribution is 0.102. The van der Waals surface area contributed by atoms with Crippen LogP contribution in [0, 0.1) is 11.3 Å². The first-order valence-corrected chi connectivity index (χ1v) is 10.5. The van der Waals surface area contributed by atoms with Gasteiger partial charge in [-0.3, -0.25) is 4.79 Å². The molecule has 1 aromatic carbocycles. The normalized spacial score (nSPS) is 17.9. The topological polar surface area (TPSA) is 103 Å². The Morgan fingerprint density at radius 3 is 2.70 bits per heavy atom. The quantitative estimate of drug-likeness (QED) is 0.848. The van der Waals surface area contributed by atoms with E-state index in [1.54, 1.807) is 36.4 Å². The molecule has 1 atom stereocenters. The summed E-state index contributed by atoms with van der Waals surface area (Å²) in [5.74, 6) is 0.625. The number of sulfone groups is 1. The van der Waals surface area contributed by atoms with Gasteiger partial charge in [0.2, 0.25) is 0 Å². The van der Waals surface area contributed by atoms with Crippen LogP contribution >= 0.6 is 0 Å². The molecule has 1 unspecified atom stereocenters. The monoisotopic (exact) mass is 384 g/mol. The Morgan fingerprint density at radius 1 is 1.33 bits per heavy atom. The third kappa shape index (κ3) is 4.26. The molecule has 2 heterocycles. The van der Waals surface area contributed by atoms with Crippen molar-refractivity contribution in [2.24, 2.45) is 0 Å². The van der Waals surface area contributed by atoms with Crippen LogP contribution in [0.25, 0.3) is 0 Å². The van der Waals surface area contributed by atoms with E-state index in [4.69, 9.17) is 5.26 Å². The van der Waals surface area contributed by atoms with Crippen LogP contribution < -0.4 is 10.2 Å². The van der Waals surface area contributed by atoms with Crippen LogP contribution in [0.1, 0.15) is 29.3 Å². The van der Waals surface area contributed by atoms with E-state index in [1.165, 1.54) is 6.20 Å². The van der Waals surface area contributed by atoms with Crippen molar-refractivity contribution in [3.05, 3.63) is 53.7 Å². The van der Waals surface area contributed by atoms with Crippen molar-refractivity contribution in [3.63, 3.8) is 0 Å². The second kappa shape index (κ2) is 7.76. The number of hydrogen-bond acceptors (Lipinski definition) is 6. The van der Waals surface area contributed by atoms with Gasteiger partial charge in [0.1, 0.15) is 11.9 Å². The lowest BCUT2D eigenvalue weighted by Crippen LogP contribution is -2.36. The maximum absolute atomic E-state index is 12.4. The van der Waals surface area contributed by atoms with E-state index in [0.717, 1.165) is 0 Å². The molecular formula is C19H20N4O3S. The highest BCUT2D eigenvalue weighted by molar-refractivity contribution is 7.91. The molecule has 1 aliphatic heterocycles. The van der Waals surface area contributed by atoms with Gasteiger partial charge in [-0.2, -0.15) is 5.26 Å². The van der Waals surface area contributed by atoms with Gasteiger partial charge in [-0.15, -0.1) is 0 Å². The molecule has 27 heavy (non-hydrogen) atoms. The standard InChI is InChI=1S/C19H20N4O3S/c1-2-23(16-9-10-27(25,26)13-16)18-8-7-15(12-21-18)19(24)22-17-6-4-3-5-14(17)11-20/h3-8,12,16H,2,9-10,13H2,1H3,(H,22,24). The second-order valence-electron chi connectivity index (χ2n) is 6.36. The molecule has 8 heteroatoms. The van der Waals surface area contributed by atoms with Gasteiger partial charge < -0.3 is 10.2 Å². The first-order chi connectivity index (χ1) is 12.9. The van der Waals surface area contributed by atoms with Crippen molar-refractivity contribution >= 4 is 27.2 Å². The first kappa shape index (κ1) is 18.9. The fourth-order valence-corrected chi connectivity index (χ4v) is 4.93. The highest BCUT2D eigenvalue weighted by Crippen LogP contribution is 2.23. The van der Waals surface area contributed by atoms with Crippen molar-refractivity contribution in [1.82, 2.24) is 4.98 Å². The number of nitriles is 1. The number of hydrogen-bond donors (Lipinski definition) is 1. The summed E-state index contributed by atoms with van der Waals surface area (Å²) in [4.78, 5) is 18.7. The molecule has 1 aliphatic rings. The van der Waals surface area contributed by atoms with Gasteiger partial charge in [0, 0.05) is 18.8 Å². The Morgan fingerprint density at radius 2 is 2.11 bits per heavy atom. The minimum atomic E-state index is -2.98. The van der Waals surface area contributed by atoms with Crippen LogP contribution in [-0.4, -0.2) is 43.4 Å². The van der Waals surface area contributed by atoms with Gasteiger partial charge in [-0.05, 0) is 37.6 Å². The number of para-hydroxylation sites is 1. The zero-order valence-electron chi connectivity index (χ0n) is 14.9. The number of benzene rings is 1. The van der Waals surface area contributed by atoms with Crippen LogP contribution in [0.5, 0.6) is 0 Å². The van der Waals surface area contributed by atoms with Crippen molar-refractivity contribution in [2.45, 2.75) is 19.4 Å². The van der Waals surface area contributed by atoms with E-state index in [0.29, 0.717) is 35.6 Å².